The number of halogens is 3. The number of benzene rings is 2. The number of fused-ring (bicyclic) bond motifs is 1. The zero-order valence-corrected chi connectivity index (χ0v) is 14.3. The highest BCUT2D eigenvalue weighted by molar-refractivity contribution is 5.96. The van der Waals surface area contributed by atoms with Crippen LogP contribution in [0.2, 0.25) is 0 Å². The summed E-state index contributed by atoms with van der Waals surface area (Å²) >= 11 is 0. The highest BCUT2D eigenvalue weighted by Crippen LogP contribution is 2.31. The number of alkyl halides is 3. The van der Waals surface area contributed by atoms with Crippen molar-refractivity contribution in [2.24, 2.45) is 0 Å². The Morgan fingerprint density at radius 3 is 2.35 bits per heavy atom. The number of aromatic nitrogens is 1. The fourth-order valence-electron chi connectivity index (χ4n) is 2.82. The molecule has 2 aromatic carbocycles. The van der Waals surface area contributed by atoms with Crippen LogP contribution in [-0.2, 0) is 12.7 Å². The fourth-order valence-corrected chi connectivity index (χ4v) is 2.82. The number of anilines is 1. The van der Waals surface area contributed by atoms with E-state index in [-0.39, 0.29) is 0 Å². The minimum Gasteiger partial charge on any atom is -0.497 e. The van der Waals surface area contributed by atoms with Crippen LogP contribution in [-0.4, -0.2) is 11.7 Å². The molecule has 0 aliphatic rings. The molecule has 1 aromatic heterocycles. The molecule has 1 heterocycles. The topological polar surface area (TPSA) is 40.2 Å². The largest absolute Gasteiger partial charge is 0.497 e. The molecule has 0 spiro atoms. The molecular formula is C20H17F3N2O. The van der Waals surface area contributed by atoms with Crippen LogP contribution in [0.1, 0.15) is 23.7 Å². The van der Waals surface area contributed by atoms with Gasteiger partial charge < -0.3 is 15.0 Å². The molecule has 0 fully saturated rings. The van der Waals surface area contributed by atoms with E-state index in [0.29, 0.717) is 29.2 Å². The average molecular weight is 358 g/mol. The maximum absolute atomic E-state index is 12.6. The number of hydrogen-bond donors (Lipinski definition) is 1. The summed E-state index contributed by atoms with van der Waals surface area (Å²) in [7, 11) is 1.59. The molecule has 3 rings (SSSR count). The van der Waals surface area contributed by atoms with Gasteiger partial charge in [0.2, 0.25) is 0 Å². The van der Waals surface area contributed by atoms with Crippen molar-refractivity contribution < 1.29 is 17.9 Å². The van der Waals surface area contributed by atoms with Crippen molar-refractivity contribution in [1.82, 2.24) is 4.57 Å². The van der Waals surface area contributed by atoms with Crippen LogP contribution in [0.4, 0.5) is 18.9 Å². The number of nitrogens with zero attached hydrogens (tertiary/aromatic N) is 1. The van der Waals surface area contributed by atoms with Crippen molar-refractivity contribution >= 4 is 16.6 Å². The summed E-state index contributed by atoms with van der Waals surface area (Å²) < 4.78 is 45.1. The van der Waals surface area contributed by atoms with Gasteiger partial charge in [-0.1, -0.05) is 5.92 Å². The molecule has 3 aromatic rings. The van der Waals surface area contributed by atoms with Crippen molar-refractivity contribution in [3.8, 4) is 17.6 Å². The zero-order valence-electron chi connectivity index (χ0n) is 14.3. The Morgan fingerprint density at radius 1 is 1.08 bits per heavy atom. The molecule has 0 aliphatic heterocycles. The lowest BCUT2D eigenvalue weighted by Gasteiger charge is -2.05. The maximum atomic E-state index is 12.6. The molecule has 6 heteroatoms. The van der Waals surface area contributed by atoms with Crippen LogP contribution in [0.25, 0.3) is 10.9 Å². The standard InChI is InChI=1S/C20H17F3N2O/c1-3-25-17(19(24)16-10-9-15(26-2)12-18(16)25)11-6-13-4-7-14(8-5-13)20(21,22)23/h4-5,7-10,12H,3,24H2,1-2H3. The molecule has 26 heavy (non-hydrogen) atoms. The Labute approximate surface area is 149 Å². The molecule has 134 valence electrons. The SMILES string of the molecule is CCn1c(C#Cc2ccc(C(F)(F)F)cc2)c(N)c2ccc(OC)cc21. The summed E-state index contributed by atoms with van der Waals surface area (Å²) in [6, 6.07) is 10.3. The number of methoxy groups -OCH3 is 1. The summed E-state index contributed by atoms with van der Waals surface area (Å²) in [5, 5.41) is 0.865. The number of aryl methyl sites for hydroxylation is 1. The smallest absolute Gasteiger partial charge is 0.416 e. The van der Waals surface area contributed by atoms with Gasteiger partial charge in [-0.15, -0.1) is 0 Å². The third kappa shape index (κ3) is 3.21. The molecule has 0 atom stereocenters. The molecule has 0 radical (unpaired) electrons. The second-order valence-electron chi connectivity index (χ2n) is 5.71. The first-order chi connectivity index (χ1) is 12.3. The summed E-state index contributed by atoms with van der Waals surface area (Å²) in [4.78, 5) is 0. The Bertz CT molecular complexity index is 1010. The van der Waals surface area contributed by atoms with Gasteiger partial charge in [-0.3, -0.25) is 0 Å². The first-order valence-corrected chi connectivity index (χ1v) is 8.00. The van der Waals surface area contributed by atoms with Gasteiger partial charge in [0.05, 0.1) is 23.9 Å². The minimum atomic E-state index is -4.36. The van der Waals surface area contributed by atoms with Crippen molar-refractivity contribution in [1.29, 1.82) is 0 Å². The van der Waals surface area contributed by atoms with Crippen LogP contribution in [0.15, 0.2) is 42.5 Å². The third-order valence-electron chi connectivity index (χ3n) is 4.16. The lowest BCUT2D eigenvalue weighted by molar-refractivity contribution is -0.137. The number of nitrogen functional groups attached to an aromatic ring is 1. The number of ether oxygens (including phenoxy) is 1. The Morgan fingerprint density at radius 2 is 1.77 bits per heavy atom. The van der Waals surface area contributed by atoms with Crippen molar-refractivity contribution in [2.45, 2.75) is 19.6 Å². The van der Waals surface area contributed by atoms with Gasteiger partial charge in [0.1, 0.15) is 11.4 Å². The van der Waals surface area contributed by atoms with E-state index in [1.165, 1.54) is 12.1 Å². The van der Waals surface area contributed by atoms with E-state index in [2.05, 4.69) is 11.8 Å². The Balaban J connectivity index is 2.04. The summed E-state index contributed by atoms with van der Waals surface area (Å²) in [5.41, 5.74) is 8.12. The molecule has 3 nitrogen and oxygen atoms in total. The molecule has 0 amide bonds. The quantitative estimate of drug-likeness (QED) is 0.676. The second-order valence-corrected chi connectivity index (χ2v) is 5.71. The van der Waals surface area contributed by atoms with Gasteiger partial charge in [0, 0.05) is 23.6 Å². The van der Waals surface area contributed by atoms with Crippen LogP contribution in [0, 0.1) is 11.8 Å². The lowest BCUT2D eigenvalue weighted by Crippen LogP contribution is -2.04. The minimum absolute atomic E-state index is 0.489. The van der Waals surface area contributed by atoms with Crippen LogP contribution in [0.5, 0.6) is 5.75 Å². The third-order valence-corrected chi connectivity index (χ3v) is 4.16. The van der Waals surface area contributed by atoms with Crippen molar-refractivity contribution in [3.63, 3.8) is 0 Å². The molecular weight excluding hydrogens is 341 g/mol. The van der Waals surface area contributed by atoms with E-state index >= 15 is 0 Å². The predicted octanol–water partition coefficient (Wildman–Crippen LogP) is 4.67. The fraction of sp³-hybridized carbons (Fsp3) is 0.200. The summed E-state index contributed by atoms with van der Waals surface area (Å²) in [6.07, 6.45) is -4.36. The molecule has 2 N–H and O–H groups in total. The lowest BCUT2D eigenvalue weighted by atomic mass is 10.1. The van der Waals surface area contributed by atoms with E-state index in [0.717, 1.165) is 23.0 Å². The molecule has 0 saturated carbocycles. The Kier molecular flexibility index (Phi) is 4.56. The highest BCUT2D eigenvalue weighted by Gasteiger charge is 2.29. The van der Waals surface area contributed by atoms with E-state index in [4.69, 9.17) is 10.5 Å². The highest BCUT2D eigenvalue weighted by atomic mass is 19.4. The van der Waals surface area contributed by atoms with Crippen LogP contribution >= 0.6 is 0 Å². The van der Waals surface area contributed by atoms with Crippen molar-refractivity contribution in [3.05, 3.63) is 59.3 Å². The van der Waals surface area contributed by atoms with Gasteiger partial charge in [0.25, 0.3) is 0 Å². The predicted molar refractivity (Wildman–Crippen MR) is 96.0 cm³/mol. The van der Waals surface area contributed by atoms with E-state index < -0.39 is 11.7 Å². The second kappa shape index (κ2) is 6.68. The molecule has 0 aliphatic carbocycles. The Hall–Kier alpha value is -3.07. The van der Waals surface area contributed by atoms with Gasteiger partial charge in [-0.05, 0) is 49.2 Å². The van der Waals surface area contributed by atoms with Crippen LogP contribution < -0.4 is 10.5 Å². The summed E-state index contributed by atoms with van der Waals surface area (Å²) in [5.74, 6) is 6.61. The summed E-state index contributed by atoms with van der Waals surface area (Å²) in [6.45, 7) is 2.62. The van der Waals surface area contributed by atoms with Gasteiger partial charge >= 0.3 is 6.18 Å². The maximum Gasteiger partial charge on any atom is 0.416 e. The number of nitrogens with two attached hydrogens (primary N) is 1. The monoisotopic (exact) mass is 358 g/mol. The van der Waals surface area contributed by atoms with E-state index in [9.17, 15) is 13.2 Å². The average Bonchev–Trinajstić information content (AvgIpc) is 2.90. The first kappa shape index (κ1) is 17.7. The van der Waals surface area contributed by atoms with E-state index in [1.54, 1.807) is 7.11 Å². The molecule has 0 bridgehead atoms. The number of hydrogen-bond acceptors (Lipinski definition) is 2. The normalized spacial score (nSPS) is 11.3. The zero-order chi connectivity index (χ0) is 18.9. The first-order valence-electron chi connectivity index (χ1n) is 8.00. The molecule has 0 saturated heterocycles. The van der Waals surface area contributed by atoms with Gasteiger partial charge in [-0.25, -0.2) is 0 Å². The molecule has 0 unspecified atom stereocenters. The van der Waals surface area contributed by atoms with Crippen LogP contribution in [0.3, 0.4) is 0 Å². The van der Waals surface area contributed by atoms with Gasteiger partial charge in [0.15, 0.2) is 0 Å². The van der Waals surface area contributed by atoms with Crippen molar-refractivity contribution in [2.75, 3.05) is 12.8 Å². The number of rotatable bonds is 2. The van der Waals surface area contributed by atoms with Gasteiger partial charge in [-0.2, -0.15) is 13.2 Å². The van der Waals surface area contributed by atoms with E-state index in [1.807, 2.05) is 29.7 Å².